The normalized spacial score (nSPS) is 17.1. The molecule has 2 heterocycles. The highest BCUT2D eigenvalue weighted by molar-refractivity contribution is 6.83. The Bertz CT molecular complexity index is 744. The highest BCUT2D eigenvalue weighted by atomic mass is 28.3. The van der Waals surface area contributed by atoms with Crippen molar-refractivity contribution in [2.24, 2.45) is 0 Å². The Morgan fingerprint density at radius 2 is 2.07 bits per heavy atom. The lowest BCUT2D eigenvalue weighted by atomic mass is 10.2. The van der Waals surface area contributed by atoms with E-state index in [2.05, 4.69) is 46.4 Å². The van der Waals surface area contributed by atoms with E-state index < -0.39 is 13.7 Å². The smallest absolute Gasteiger partial charge is 0.410 e. The van der Waals surface area contributed by atoms with E-state index in [0.717, 1.165) is 6.42 Å². The van der Waals surface area contributed by atoms with Crippen molar-refractivity contribution < 1.29 is 14.3 Å². The molecule has 1 aliphatic heterocycles. The molecule has 0 saturated carbocycles. The number of aromatic nitrogens is 2. The van der Waals surface area contributed by atoms with Gasteiger partial charge in [0, 0.05) is 19.1 Å². The molecule has 1 saturated heterocycles. The topological polar surface area (TPSA) is 76.6 Å². The molecule has 0 aliphatic carbocycles. The molecule has 8 heteroatoms. The first-order valence-electron chi connectivity index (χ1n) is 9.15. The maximum Gasteiger partial charge on any atom is 0.410 e. The quantitative estimate of drug-likeness (QED) is 0.631. The number of amides is 1. The van der Waals surface area contributed by atoms with E-state index in [-0.39, 0.29) is 12.1 Å². The van der Waals surface area contributed by atoms with E-state index in [1.807, 2.05) is 20.8 Å². The van der Waals surface area contributed by atoms with Gasteiger partial charge in [0.2, 0.25) is 11.8 Å². The molecule has 2 rings (SSSR count). The van der Waals surface area contributed by atoms with Crippen LogP contribution < -0.4 is 10.1 Å². The number of ether oxygens (including phenoxy) is 2. The highest BCUT2D eigenvalue weighted by Crippen LogP contribution is 2.20. The molecule has 1 N–H and O–H groups in total. The van der Waals surface area contributed by atoms with Gasteiger partial charge in [-0.2, -0.15) is 4.98 Å². The van der Waals surface area contributed by atoms with Crippen LogP contribution in [0.3, 0.4) is 0 Å². The average molecular weight is 391 g/mol. The monoisotopic (exact) mass is 390 g/mol. The van der Waals surface area contributed by atoms with E-state index in [1.165, 1.54) is 0 Å². The average Bonchev–Trinajstić information content (AvgIpc) is 2.99. The summed E-state index contributed by atoms with van der Waals surface area (Å²) in [6.45, 7) is 13.3. The van der Waals surface area contributed by atoms with Gasteiger partial charge in [-0.15, -0.1) is 5.54 Å². The van der Waals surface area contributed by atoms with Gasteiger partial charge in [-0.3, -0.25) is 0 Å². The van der Waals surface area contributed by atoms with Crippen molar-refractivity contribution in [3.05, 3.63) is 11.8 Å². The number of likely N-dealkylation sites (tertiary alicyclic amines) is 1. The fraction of sp³-hybridized carbons (Fsp3) is 0.632. The number of hydrogen-bond donors (Lipinski definition) is 1. The largest absolute Gasteiger partial charge is 0.480 e. The minimum atomic E-state index is -1.49. The first-order chi connectivity index (χ1) is 12.5. The zero-order chi connectivity index (χ0) is 20.2. The second-order valence-electron chi connectivity index (χ2n) is 8.67. The third-order valence-electron chi connectivity index (χ3n) is 3.69. The maximum absolute atomic E-state index is 12.2. The predicted molar refractivity (Wildman–Crippen MR) is 109 cm³/mol. The third kappa shape index (κ3) is 6.75. The van der Waals surface area contributed by atoms with Crippen molar-refractivity contribution in [2.75, 3.05) is 25.5 Å². The van der Waals surface area contributed by atoms with Gasteiger partial charge in [0.25, 0.3) is 0 Å². The van der Waals surface area contributed by atoms with E-state index in [4.69, 9.17) is 9.47 Å². The summed E-state index contributed by atoms with van der Waals surface area (Å²) in [6, 6.07) is 0.0705. The molecule has 1 amide bonds. The fourth-order valence-corrected chi connectivity index (χ4v) is 2.99. The Morgan fingerprint density at radius 1 is 1.37 bits per heavy atom. The van der Waals surface area contributed by atoms with Gasteiger partial charge in [-0.1, -0.05) is 25.6 Å². The van der Waals surface area contributed by atoms with Crippen molar-refractivity contribution in [2.45, 2.75) is 58.5 Å². The van der Waals surface area contributed by atoms with Gasteiger partial charge in [-0.05, 0) is 27.2 Å². The molecular formula is C19H30N4O3Si. The highest BCUT2D eigenvalue weighted by Gasteiger charge is 2.30. The SMILES string of the molecule is COc1nc(NC2CCN(C(=O)OC(C)(C)C)C2)ncc1C#C[Si](C)(C)C. The molecule has 0 aromatic carbocycles. The summed E-state index contributed by atoms with van der Waals surface area (Å²) in [5.74, 6) is 4.07. The summed E-state index contributed by atoms with van der Waals surface area (Å²) in [5, 5.41) is 3.27. The van der Waals surface area contributed by atoms with Crippen LogP contribution in [0, 0.1) is 11.5 Å². The lowest BCUT2D eigenvalue weighted by molar-refractivity contribution is 0.0293. The number of anilines is 1. The summed E-state index contributed by atoms with van der Waals surface area (Å²) < 4.78 is 10.8. The molecule has 0 spiro atoms. The first kappa shape index (κ1) is 21.0. The summed E-state index contributed by atoms with van der Waals surface area (Å²) >= 11 is 0. The number of methoxy groups -OCH3 is 1. The number of rotatable bonds is 3. The number of nitrogens with zero attached hydrogens (tertiary/aromatic N) is 3. The van der Waals surface area contributed by atoms with Gasteiger partial charge in [0.1, 0.15) is 19.2 Å². The first-order valence-corrected chi connectivity index (χ1v) is 12.7. The van der Waals surface area contributed by atoms with Crippen molar-refractivity contribution in [1.29, 1.82) is 0 Å². The van der Waals surface area contributed by atoms with Crippen molar-refractivity contribution in [3.63, 3.8) is 0 Å². The summed E-state index contributed by atoms with van der Waals surface area (Å²) in [4.78, 5) is 22.6. The molecule has 0 bridgehead atoms. The van der Waals surface area contributed by atoms with Gasteiger partial charge >= 0.3 is 6.09 Å². The Hall–Kier alpha value is -2.27. The second-order valence-corrected chi connectivity index (χ2v) is 13.4. The molecule has 1 atom stereocenters. The van der Waals surface area contributed by atoms with Crippen LogP contribution in [0.4, 0.5) is 10.7 Å². The standard InChI is InChI=1S/C19H30N4O3Si/c1-19(2,3)26-18(24)23-10-8-15(13-23)21-17-20-12-14(16(22-17)25-4)9-11-27(5,6)7/h12,15H,8,10,13H2,1-7H3,(H,20,21,22). The van der Waals surface area contributed by atoms with Crippen LogP contribution in [-0.2, 0) is 4.74 Å². The fourth-order valence-electron chi connectivity index (χ4n) is 2.48. The Kier molecular flexibility index (Phi) is 6.37. The van der Waals surface area contributed by atoms with Gasteiger partial charge in [0.15, 0.2) is 0 Å². The zero-order valence-electron chi connectivity index (χ0n) is 17.3. The van der Waals surface area contributed by atoms with Crippen LogP contribution in [0.25, 0.3) is 0 Å². The van der Waals surface area contributed by atoms with Crippen molar-refractivity contribution >= 4 is 20.1 Å². The van der Waals surface area contributed by atoms with Crippen LogP contribution in [0.1, 0.15) is 32.8 Å². The van der Waals surface area contributed by atoms with E-state index in [0.29, 0.717) is 30.5 Å². The van der Waals surface area contributed by atoms with E-state index in [9.17, 15) is 4.79 Å². The van der Waals surface area contributed by atoms with Crippen LogP contribution in [0.15, 0.2) is 6.20 Å². The summed E-state index contributed by atoms with van der Waals surface area (Å²) in [5.41, 5.74) is 3.49. The molecule has 0 radical (unpaired) electrons. The van der Waals surface area contributed by atoms with Crippen molar-refractivity contribution in [1.82, 2.24) is 14.9 Å². The number of carbonyl (C=O) groups excluding carboxylic acids is 1. The second kappa shape index (κ2) is 8.17. The van der Waals surface area contributed by atoms with Crippen LogP contribution in [0.2, 0.25) is 19.6 Å². The zero-order valence-corrected chi connectivity index (χ0v) is 18.3. The van der Waals surface area contributed by atoms with E-state index in [1.54, 1.807) is 18.2 Å². The number of carbonyl (C=O) groups is 1. The lowest BCUT2D eigenvalue weighted by Crippen LogP contribution is -2.36. The van der Waals surface area contributed by atoms with Crippen LogP contribution >= 0.6 is 0 Å². The molecule has 1 unspecified atom stereocenters. The number of nitrogens with one attached hydrogen (secondary N) is 1. The summed E-state index contributed by atoms with van der Waals surface area (Å²) in [6.07, 6.45) is 2.20. The minimum Gasteiger partial charge on any atom is -0.480 e. The minimum absolute atomic E-state index is 0.0705. The molecule has 1 aliphatic rings. The van der Waals surface area contributed by atoms with Gasteiger partial charge in [-0.25, -0.2) is 9.78 Å². The summed E-state index contributed by atoms with van der Waals surface area (Å²) in [7, 11) is 0.0833. The van der Waals surface area contributed by atoms with Gasteiger partial charge < -0.3 is 19.7 Å². The predicted octanol–water partition coefficient (Wildman–Crippen LogP) is 3.14. The molecule has 1 aromatic heterocycles. The van der Waals surface area contributed by atoms with Crippen molar-refractivity contribution in [3.8, 4) is 17.3 Å². The Balaban J connectivity index is 2.02. The molecule has 148 valence electrons. The molecular weight excluding hydrogens is 360 g/mol. The van der Waals surface area contributed by atoms with Gasteiger partial charge in [0.05, 0.1) is 13.3 Å². The van der Waals surface area contributed by atoms with Crippen LogP contribution in [0.5, 0.6) is 5.88 Å². The van der Waals surface area contributed by atoms with E-state index >= 15 is 0 Å². The number of hydrogen-bond acceptors (Lipinski definition) is 6. The Labute approximate surface area is 162 Å². The molecule has 27 heavy (non-hydrogen) atoms. The molecule has 7 nitrogen and oxygen atoms in total. The molecule has 1 fully saturated rings. The molecule has 1 aromatic rings. The maximum atomic E-state index is 12.2. The lowest BCUT2D eigenvalue weighted by Gasteiger charge is -2.24. The van der Waals surface area contributed by atoms with Crippen LogP contribution in [-0.4, -0.2) is 60.9 Å². The third-order valence-corrected chi connectivity index (χ3v) is 4.57. The Morgan fingerprint density at radius 3 is 2.67 bits per heavy atom.